The Bertz CT molecular complexity index is 1480. The minimum absolute atomic E-state index is 0.217. The second-order valence-corrected chi connectivity index (χ2v) is 7.90. The number of aromatic nitrogens is 2. The van der Waals surface area contributed by atoms with Crippen molar-refractivity contribution in [2.24, 2.45) is 0 Å². The first-order chi connectivity index (χ1) is 17.0. The number of nitrogens with one attached hydrogen (secondary N) is 1. The summed E-state index contributed by atoms with van der Waals surface area (Å²) < 4.78 is 15.6. The summed E-state index contributed by atoms with van der Waals surface area (Å²) in [5, 5.41) is 8.01. The van der Waals surface area contributed by atoms with E-state index >= 15 is 0 Å². The van der Waals surface area contributed by atoms with Crippen molar-refractivity contribution in [3.8, 4) is 22.8 Å². The predicted octanol–water partition coefficient (Wildman–Crippen LogP) is 3.70. The Morgan fingerprint density at radius 3 is 2.51 bits per heavy atom. The highest BCUT2D eigenvalue weighted by Gasteiger charge is 2.27. The number of rotatable bonds is 5. The van der Waals surface area contributed by atoms with Crippen LogP contribution in [0, 0.1) is 0 Å². The summed E-state index contributed by atoms with van der Waals surface area (Å²) in [5.74, 6) is 0.341. The first kappa shape index (κ1) is 22.1. The van der Waals surface area contributed by atoms with E-state index in [1.54, 1.807) is 48.5 Å². The fourth-order valence-corrected chi connectivity index (χ4v) is 4.01. The van der Waals surface area contributed by atoms with E-state index in [9.17, 15) is 14.4 Å². The minimum atomic E-state index is -0.519. The average molecular weight is 471 g/mol. The van der Waals surface area contributed by atoms with E-state index in [0.29, 0.717) is 41.2 Å². The van der Waals surface area contributed by atoms with E-state index in [1.165, 1.54) is 12.0 Å². The van der Waals surface area contributed by atoms with Crippen molar-refractivity contribution < 1.29 is 23.8 Å². The number of benzene rings is 3. The molecule has 0 unspecified atom stereocenters. The highest BCUT2D eigenvalue weighted by atomic mass is 16.6. The molecule has 1 aliphatic rings. The van der Waals surface area contributed by atoms with Gasteiger partial charge in [0.05, 0.1) is 23.9 Å². The molecule has 9 heteroatoms. The monoisotopic (exact) mass is 471 g/mol. The van der Waals surface area contributed by atoms with Gasteiger partial charge in [-0.3, -0.25) is 9.69 Å². The van der Waals surface area contributed by atoms with Gasteiger partial charge in [0.25, 0.3) is 5.56 Å². The molecule has 4 aromatic rings. The van der Waals surface area contributed by atoms with Crippen LogP contribution >= 0.6 is 0 Å². The quantitative estimate of drug-likeness (QED) is 0.442. The van der Waals surface area contributed by atoms with Gasteiger partial charge < -0.3 is 14.2 Å². The Hall–Kier alpha value is -4.66. The molecule has 0 spiro atoms. The first-order valence-corrected chi connectivity index (χ1v) is 10.9. The van der Waals surface area contributed by atoms with Crippen molar-refractivity contribution in [3.63, 3.8) is 0 Å². The molecule has 35 heavy (non-hydrogen) atoms. The molecule has 0 saturated heterocycles. The van der Waals surface area contributed by atoms with Crippen LogP contribution in [-0.2, 0) is 16.0 Å². The van der Waals surface area contributed by atoms with Gasteiger partial charge in [0.1, 0.15) is 11.5 Å². The van der Waals surface area contributed by atoms with Crippen LogP contribution in [0.4, 0.5) is 10.5 Å². The lowest BCUT2D eigenvalue weighted by molar-refractivity contribution is -0.142. The molecule has 0 aliphatic carbocycles. The second kappa shape index (κ2) is 9.30. The standard InChI is InChI=1S/C26H21N3O6/c1-33-23(30)15-34-19-11-6-16-12-13-29(22(16)14-19)26(32)35-18-9-7-17(8-10-18)24-20-4-2-3-5-21(20)25(31)28-27-24/h2-11,14H,12-13,15H2,1H3,(H,28,31). The summed E-state index contributed by atoms with van der Waals surface area (Å²) in [5.41, 5.74) is 2.82. The summed E-state index contributed by atoms with van der Waals surface area (Å²) in [6.45, 7) is 0.255. The van der Waals surface area contributed by atoms with Crippen molar-refractivity contribution >= 4 is 28.5 Å². The Kier molecular flexibility index (Phi) is 5.88. The first-order valence-electron chi connectivity index (χ1n) is 10.9. The summed E-state index contributed by atoms with van der Waals surface area (Å²) in [6.07, 6.45) is 0.167. The normalized spacial score (nSPS) is 12.3. The molecular weight excluding hydrogens is 450 g/mol. The van der Waals surface area contributed by atoms with Crippen LogP contribution in [-0.4, -0.2) is 42.5 Å². The number of hydrogen-bond acceptors (Lipinski definition) is 7. The van der Waals surface area contributed by atoms with Crippen molar-refractivity contribution in [1.29, 1.82) is 0 Å². The number of anilines is 1. The molecular formula is C26H21N3O6. The van der Waals surface area contributed by atoms with E-state index in [4.69, 9.17) is 9.47 Å². The summed E-state index contributed by atoms with van der Waals surface area (Å²) in [7, 11) is 1.29. The molecule has 1 amide bonds. The van der Waals surface area contributed by atoms with Gasteiger partial charge in [0, 0.05) is 23.6 Å². The number of nitrogens with zero attached hydrogens (tertiary/aromatic N) is 2. The fourth-order valence-electron chi connectivity index (χ4n) is 4.01. The van der Waals surface area contributed by atoms with Gasteiger partial charge in [-0.2, -0.15) is 5.10 Å². The summed E-state index contributed by atoms with van der Waals surface area (Å²) >= 11 is 0. The molecule has 1 aliphatic heterocycles. The molecule has 1 aromatic heterocycles. The maximum Gasteiger partial charge on any atom is 0.419 e. The molecule has 0 bridgehead atoms. The Morgan fingerprint density at radius 2 is 1.74 bits per heavy atom. The van der Waals surface area contributed by atoms with Gasteiger partial charge in [0.2, 0.25) is 0 Å². The lowest BCUT2D eigenvalue weighted by Gasteiger charge is -2.18. The molecule has 0 saturated carbocycles. The van der Waals surface area contributed by atoms with E-state index in [0.717, 1.165) is 16.5 Å². The molecule has 0 atom stereocenters. The lowest BCUT2D eigenvalue weighted by Crippen LogP contribution is -2.31. The highest BCUT2D eigenvalue weighted by molar-refractivity contribution is 5.94. The second-order valence-electron chi connectivity index (χ2n) is 7.90. The van der Waals surface area contributed by atoms with Crippen LogP contribution in [0.15, 0.2) is 71.5 Å². The van der Waals surface area contributed by atoms with Crippen molar-refractivity contribution in [3.05, 3.63) is 82.6 Å². The topological polar surface area (TPSA) is 111 Å². The van der Waals surface area contributed by atoms with E-state index < -0.39 is 12.1 Å². The Labute approximate surface area is 199 Å². The van der Waals surface area contributed by atoms with Gasteiger partial charge in [0.15, 0.2) is 6.61 Å². The van der Waals surface area contributed by atoms with Crippen LogP contribution in [0.2, 0.25) is 0 Å². The van der Waals surface area contributed by atoms with Gasteiger partial charge in [-0.15, -0.1) is 0 Å². The van der Waals surface area contributed by atoms with Crippen molar-refractivity contribution in [1.82, 2.24) is 10.2 Å². The zero-order valence-corrected chi connectivity index (χ0v) is 18.8. The number of methoxy groups -OCH3 is 1. The SMILES string of the molecule is COC(=O)COc1ccc2c(c1)N(C(=O)Oc1ccc(-c3n[nH]c(=O)c4ccccc34)cc1)CC2. The van der Waals surface area contributed by atoms with E-state index in [2.05, 4.69) is 14.9 Å². The van der Waals surface area contributed by atoms with Crippen LogP contribution in [0.25, 0.3) is 22.0 Å². The smallest absolute Gasteiger partial charge is 0.419 e. The molecule has 2 heterocycles. The van der Waals surface area contributed by atoms with Gasteiger partial charge in [-0.1, -0.05) is 24.3 Å². The highest BCUT2D eigenvalue weighted by Crippen LogP contribution is 2.33. The zero-order valence-electron chi connectivity index (χ0n) is 18.8. The number of aromatic amines is 1. The van der Waals surface area contributed by atoms with Gasteiger partial charge in [-0.25, -0.2) is 14.7 Å². The van der Waals surface area contributed by atoms with Crippen LogP contribution in [0.1, 0.15) is 5.56 Å². The van der Waals surface area contributed by atoms with Gasteiger partial charge in [-0.05, 0) is 48.4 Å². The maximum absolute atomic E-state index is 12.9. The molecule has 1 N–H and O–H groups in total. The summed E-state index contributed by atoms with van der Waals surface area (Å²) in [4.78, 5) is 37.8. The predicted molar refractivity (Wildman–Crippen MR) is 129 cm³/mol. The number of esters is 1. The number of ether oxygens (including phenoxy) is 3. The molecule has 9 nitrogen and oxygen atoms in total. The third-order valence-corrected chi connectivity index (χ3v) is 5.79. The molecule has 5 rings (SSSR count). The number of H-pyrrole nitrogens is 1. The van der Waals surface area contributed by atoms with Crippen LogP contribution in [0.3, 0.4) is 0 Å². The number of fused-ring (bicyclic) bond motifs is 2. The van der Waals surface area contributed by atoms with Crippen molar-refractivity contribution in [2.75, 3.05) is 25.2 Å². The Morgan fingerprint density at radius 1 is 1.00 bits per heavy atom. The van der Waals surface area contributed by atoms with Crippen molar-refractivity contribution in [2.45, 2.75) is 6.42 Å². The Balaban J connectivity index is 1.32. The third kappa shape index (κ3) is 4.43. The summed E-state index contributed by atoms with van der Waals surface area (Å²) in [6, 6.07) is 19.5. The molecule has 0 fully saturated rings. The zero-order chi connectivity index (χ0) is 24.4. The lowest BCUT2D eigenvalue weighted by atomic mass is 10.1. The number of carbonyl (C=O) groups is 2. The van der Waals surface area contributed by atoms with E-state index in [1.807, 2.05) is 18.2 Å². The van der Waals surface area contributed by atoms with Crippen LogP contribution < -0.4 is 19.9 Å². The third-order valence-electron chi connectivity index (χ3n) is 5.79. The van der Waals surface area contributed by atoms with Gasteiger partial charge >= 0.3 is 12.1 Å². The maximum atomic E-state index is 12.9. The number of carbonyl (C=O) groups excluding carboxylic acids is 2. The number of hydrogen-bond donors (Lipinski definition) is 1. The largest absolute Gasteiger partial charge is 0.482 e. The van der Waals surface area contributed by atoms with Crippen LogP contribution in [0.5, 0.6) is 11.5 Å². The molecule has 3 aromatic carbocycles. The fraction of sp³-hybridized carbons (Fsp3) is 0.154. The minimum Gasteiger partial charge on any atom is -0.482 e. The average Bonchev–Trinajstić information content (AvgIpc) is 3.32. The number of amides is 1. The molecule has 176 valence electrons. The van der Waals surface area contributed by atoms with E-state index in [-0.39, 0.29) is 12.2 Å². The molecule has 0 radical (unpaired) electrons.